The Bertz CT molecular complexity index is 3870. The molecule has 4 heteroatoms. The summed E-state index contributed by atoms with van der Waals surface area (Å²) < 4.78 is 4.83. The van der Waals surface area contributed by atoms with Crippen molar-refractivity contribution in [3.63, 3.8) is 0 Å². The molecular formula is C54H32N4. The van der Waals surface area contributed by atoms with Gasteiger partial charge in [-0.3, -0.25) is 4.57 Å². The van der Waals surface area contributed by atoms with Crippen molar-refractivity contribution in [3.8, 4) is 22.8 Å². The number of hydrogen-bond acceptors (Lipinski definition) is 2. The number of fused-ring (bicyclic) bond motifs is 13. The first-order valence-electron chi connectivity index (χ1n) is 19.8. The highest BCUT2D eigenvalue weighted by atomic mass is 15.1. The molecule has 0 amide bonds. The summed E-state index contributed by atoms with van der Waals surface area (Å²) >= 11 is 0. The summed E-state index contributed by atoms with van der Waals surface area (Å²) in [7, 11) is 0. The molecule has 0 aliphatic carbocycles. The first-order chi connectivity index (χ1) is 28.8. The summed E-state index contributed by atoms with van der Waals surface area (Å²) in [6, 6.07) is 70.2. The minimum absolute atomic E-state index is 0.805. The average molecular weight is 737 g/mol. The summed E-state index contributed by atoms with van der Waals surface area (Å²) in [6.07, 6.45) is 0. The van der Waals surface area contributed by atoms with Crippen LogP contribution in [0.1, 0.15) is 0 Å². The molecule has 0 aliphatic heterocycles. The van der Waals surface area contributed by atoms with Crippen molar-refractivity contribution in [2.45, 2.75) is 0 Å². The van der Waals surface area contributed by atoms with Gasteiger partial charge in [0.1, 0.15) is 5.69 Å². The second-order valence-electron chi connectivity index (χ2n) is 15.4. The zero-order valence-electron chi connectivity index (χ0n) is 31.3. The third-order valence-electron chi connectivity index (χ3n) is 12.2. The molecule has 3 aromatic heterocycles. The predicted molar refractivity (Wildman–Crippen MR) is 244 cm³/mol. The summed E-state index contributed by atoms with van der Waals surface area (Å²) in [5.41, 5.74) is 9.27. The molecular weight excluding hydrogens is 705 g/mol. The number of aromatic nitrogens is 4. The number of hydrogen-bond donors (Lipinski definition) is 0. The van der Waals surface area contributed by atoms with Gasteiger partial charge in [0.2, 0.25) is 0 Å². The summed E-state index contributed by atoms with van der Waals surface area (Å²) in [5, 5.41) is 14.4. The lowest BCUT2D eigenvalue weighted by molar-refractivity contribution is 1.08. The van der Waals surface area contributed by atoms with E-state index in [0.717, 1.165) is 50.2 Å². The Hall–Kier alpha value is -7.82. The van der Waals surface area contributed by atoms with Crippen LogP contribution in [-0.2, 0) is 0 Å². The van der Waals surface area contributed by atoms with Gasteiger partial charge >= 0.3 is 0 Å². The fourth-order valence-corrected chi connectivity index (χ4v) is 9.63. The van der Waals surface area contributed by atoms with E-state index in [9.17, 15) is 0 Å². The monoisotopic (exact) mass is 736 g/mol. The van der Waals surface area contributed by atoms with Crippen molar-refractivity contribution < 1.29 is 0 Å². The van der Waals surface area contributed by atoms with E-state index in [-0.39, 0.29) is 0 Å². The van der Waals surface area contributed by atoms with Crippen LogP contribution in [0.4, 0.5) is 0 Å². The van der Waals surface area contributed by atoms with Crippen LogP contribution >= 0.6 is 0 Å². The van der Waals surface area contributed by atoms with Crippen molar-refractivity contribution in [2.24, 2.45) is 0 Å². The maximum Gasteiger partial charge on any atom is 0.165 e. The third-order valence-corrected chi connectivity index (χ3v) is 12.2. The predicted octanol–water partition coefficient (Wildman–Crippen LogP) is 14.1. The van der Waals surface area contributed by atoms with Gasteiger partial charge in [0.05, 0.1) is 33.1 Å². The first kappa shape index (κ1) is 31.4. The van der Waals surface area contributed by atoms with E-state index in [2.05, 4.69) is 197 Å². The van der Waals surface area contributed by atoms with Gasteiger partial charge in [0.25, 0.3) is 0 Å². The quantitative estimate of drug-likeness (QED) is 0.169. The van der Waals surface area contributed by atoms with E-state index in [1.165, 1.54) is 70.3 Å². The van der Waals surface area contributed by atoms with Crippen LogP contribution in [-0.4, -0.2) is 19.1 Å². The van der Waals surface area contributed by atoms with E-state index in [1.54, 1.807) is 0 Å². The maximum absolute atomic E-state index is 5.59. The van der Waals surface area contributed by atoms with Crippen molar-refractivity contribution in [2.75, 3.05) is 0 Å². The lowest BCUT2D eigenvalue weighted by atomic mass is 9.95. The van der Waals surface area contributed by atoms with Gasteiger partial charge in [-0.1, -0.05) is 146 Å². The smallest absolute Gasteiger partial charge is 0.165 e. The molecule has 4 nitrogen and oxygen atoms in total. The lowest BCUT2D eigenvalue weighted by Crippen LogP contribution is -2.04. The Balaban J connectivity index is 1.20. The highest BCUT2D eigenvalue weighted by molar-refractivity contribution is 6.20. The van der Waals surface area contributed by atoms with Gasteiger partial charge in [0, 0.05) is 38.2 Å². The molecule has 0 aliphatic rings. The molecule has 0 atom stereocenters. The van der Waals surface area contributed by atoms with Crippen LogP contribution in [0.5, 0.6) is 0 Å². The van der Waals surface area contributed by atoms with E-state index in [1.807, 2.05) is 6.07 Å². The highest BCUT2D eigenvalue weighted by Crippen LogP contribution is 2.43. The molecule has 10 aromatic carbocycles. The second-order valence-corrected chi connectivity index (χ2v) is 15.4. The molecule has 0 saturated carbocycles. The molecule has 0 fully saturated rings. The minimum Gasteiger partial charge on any atom is -0.309 e. The summed E-state index contributed by atoms with van der Waals surface area (Å²) in [6.45, 7) is 0. The first-order valence-corrected chi connectivity index (χ1v) is 19.8. The van der Waals surface area contributed by atoms with Crippen LogP contribution < -0.4 is 0 Å². The molecule has 3 heterocycles. The van der Waals surface area contributed by atoms with Crippen LogP contribution in [0, 0.1) is 0 Å². The van der Waals surface area contributed by atoms with Gasteiger partial charge in [-0.05, 0) is 86.2 Å². The Kier molecular flexibility index (Phi) is 6.41. The van der Waals surface area contributed by atoms with E-state index >= 15 is 0 Å². The number of para-hydroxylation sites is 3. The van der Waals surface area contributed by atoms with Gasteiger partial charge in [-0.2, -0.15) is 0 Å². The van der Waals surface area contributed by atoms with Gasteiger partial charge in [0.15, 0.2) is 5.82 Å². The molecule has 0 radical (unpaired) electrons. The van der Waals surface area contributed by atoms with Gasteiger partial charge in [-0.25, -0.2) is 9.97 Å². The molecule has 13 rings (SSSR count). The molecule has 0 saturated heterocycles. The molecule has 13 aromatic rings. The highest BCUT2D eigenvalue weighted by Gasteiger charge is 2.23. The molecule has 58 heavy (non-hydrogen) atoms. The fraction of sp³-hybridized carbons (Fsp3) is 0. The third kappa shape index (κ3) is 4.40. The number of rotatable bonds is 3. The second kappa shape index (κ2) is 11.8. The number of nitrogens with zero attached hydrogens (tertiary/aromatic N) is 4. The summed E-state index contributed by atoms with van der Waals surface area (Å²) in [5.74, 6) is 0.805. The minimum atomic E-state index is 0.805. The lowest BCUT2D eigenvalue weighted by Gasteiger charge is -2.17. The van der Waals surface area contributed by atoms with Crippen LogP contribution in [0.25, 0.3) is 120 Å². The Labute approximate surface area is 332 Å². The number of benzene rings is 10. The fourth-order valence-electron chi connectivity index (χ4n) is 9.63. The Morgan fingerprint density at radius 3 is 1.72 bits per heavy atom. The van der Waals surface area contributed by atoms with E-state index in [0.29, 0.717) is 0 Å². The van der Waals surface area contributed by atoms with Crippen LogP contribution in [0.3, 0.4) is 0 Å². The normalized spacial score (nSPS) is 12.1. The molecule has 0 bridgehead atoms. The summed E-state index contributed by atoms with van der Waals surface area (Å²) in [4.78, 5) is 11.1. The van der Waals surface area contributed by atoms with Gasteiger partial charge in [-0.15, -0.1) is 0 Å². The van der Waals surface area contributed by atoms with E-state index in [4.69, 9.17) is 9.97 Å². The van der Waals surface area contributed by atoms with Crippen molar-refractivity contribution >= 4 is 97.7 Å². The van der Waals surface area contributed by atoms with E-state index < -0.39 is 0 Å². The SMILES string of the molecule is c1ccc2cc3c(cc2c1)c1ccc(-n2c4ccccc4c4ccc5ccccc5c42)cc1n3-c1nc2ccccc2nc1-c1cc2ccccc2c2ccccc12. The largest absolute Gasteiger partial charge is 0.309 e. The standard InChI is InChI=1S/C54H32N4/c1-2-15-35-31-50-45(29-34(35)14-1)43-28-26-37(57-49-24-12-9-21-42(49)44-27-25-33-13-3-6-18-39(33)53(44)57)32-51(43)58(50)54-52(55-47-22-10-11-23-48(47)56-54)46-30-36-16-4-5-17-38(36)40-19-7-8-20-41(40)46/h1-32H. The average Bonchev–Trinajstić information content (AvgIpc) is 3.79. The molecule has 268 valence electrons. The maximum atomic E-state index is 5.59. The van der Waals surface area contributed by atoms with Gasteiger partial charge < -0.3 is 4.57 Å². The molecule has 0 N–H and O–H groups in total. The Morgan fingerprint density at radius 2 is 0.897 bits per heavy atom. The Morgan fingerprint density at radius 1 is 0.310 bits per heavy atom. The van der Waals surface area contributed by atoms with Crippen LogP contribution in [0.2, 0.25) is 0 Å². The molecule has 0 spiro atoms. The van der Waals surface area contributed by atoms with Crippen molar-refractivity contribution in [3.05, 3.63) is 194 Å². The topological polar surface area (TPSA) is 35.6 Å². The molecule has 0 unspecified atom stereocenters. The zero-order chi connectivity index (χ0) is 37.9. The van der Waals surface area contributed by atoms with Crippen molar-refractivity contribution in [1.29, 1.82) is 0 Å². The van der Waals surface area contributed by atoms with Crippen molar-refractivity contribution in [1.82, 2.24) is 19.1 Å². The zero-order valence-corrected chi connectivity index (χ0v) is 31.3. The van der Waals surface area contributed by atoms with Crippen LogP contribution in [0.15, 0.2) is 194 Å².